The van der Waals surface area contributed by atoms with E-state index in [1.165, 1.54) is 29.7 Å². The maximum atomic E-state index is 12.7. The maximum absolute atomic E-state index is 12.7. The summed E-state index contributed by atoms with van der Waals surface area (Å²) in [7, 11) is 0. The Kier molecular flexibility index (Phi) is 3.77. The third kappa shape index (κ3) is 3.14. The molecule has 1 N–H and O–H groups in total. The van der Waals surface area contributed by atoms with Gasteiger partial charge in [0.25, 0.3) is 0 Å². The lowest BCUT2D eigenvalue weighted by Crippen LogP contribution is -2.10. The fraction of sp³-hybridized carbons (Fsp3) is 0.182. The van der Waals surface area contributed by atoms with Gasteiger partial charge in [-0.25, -0.2) is 4.98 Å². The zero-order valence-corrected chi connectivity index (χ0v) is 10.5. The van der Waals surface area contributed by atoms with Gasteiger partial charge in [-0.3, -0.25) is 0 Å². The van der Waals surface area contributed by atoms with Crippen LogP contribution in [0, 0.1) is 0 Å². The highest BCUT2D eigenvalue weighted by Gasteiger charge is 2.33. The third-order valence-corrected chi connectivity index (χ3v) is 3.33. The molecule has 0 amide bonds. The van der Waals surface area contributed by atoms with E-state index in [4.69, 9.17) is 11.6 Å². The number of hydrogen-bond acceptors (Lipinski definition) is 3. The molecule has 0 spiro atoms. The van der Waals surface area contributed by atoms with Crippen molar-refractivity contribution in [3.8, 4) is 0 Å². The van der Waals surface area contributed by atoms with Crippen LogP contribution in [0.15, 0.2) is 30.5 Å². The normalized spacial score (nSPS) is 11.6. The Morgan fingerprint density at radius 1 is 1.28 bits per heavy atom. The molecule has 1 aromatic heterocycles. The van der Waals surface area contributed by atoms with Crippen molar-refractivity contribution < 1.29 is 13.2 Å². The number of halogens is 4. The molecule has 96 valence electrons. The molecule has 0 aliphatic rings. The van der Waals surface area contributed by atoms with E-state index in [-0.39, 0.29) is 12.2 Å². The summed E-state index contributed by atoms with van der Waals surface area (Å²) in [6.45, 7) is 0.261. The molecular weight excluding hydrogens is 285 g/mol. The second kappa shape index (κ2) is 5.16. The minimum absolute atomic E-state index is 0.0505. The number of nitrogens with one attached hydrogen (secondary N) is 1. The van der Waals surface area contributed by atoms with Gasteiger partial charge in [0.15, 0.2) is 4.47 Å². The van der Waals surface area contributed by atoms with Crippen LogP contribution in [0.25, 0.3) is 0 Å². The number of alkyl halides is 3. The molecule has 0 aliphatic heterocycles. The number of para-hydroxylation sites is 1. The number of thiazole rings is 1. The zero-order valence-electron chi connectivity index (χ0n) is 8.96. The summed E-state index contributed by atoms with van der Waals surface area (Å²) < 4.78 is 38.5. The van der Waals surface area contributed by atoms with Gasteiger partial charge in [-0.1, -0.05) is 23.7 Å². The van der Waals surface area contributed by atoms with Crippen molar-refractivity contribution >= 4 is 28.6 Å². The van der Waals surface area contributed by atoms with E-state index in [1.54, 1.807) is 6.07 Å². The largest absolute Gasteiger partial charge is 0.418 e. The van der Waals surface area contributed by atoms with Gasteiger partial charge in [0.05, 0.1) is 12.1 Å². The Morgan fingerprint density at radius 2 is 2.00 bits per heavy atom. The minimum Gasteiger partial charge on any atom is -0.380 e. The second-order valence-corrected chi connectivity index (χ2v) is 5.17. The predicted molar refractivity (Wildman–Crippen MR) is 65.9 cm³/mol. The van der Waals surface area contributed by atoms with Crippen LogP contribution >= 0.6 is 22.9 Å². The van der Waals surface area contributed by atoms with Crippen LogP contribution in [0.2, 0.25) is 4.47 Å². The summed E-state index contributed by atoms with van der Waals surface area (Å²) in [5.41, 5.74) is -0.630. The van der Waals surface area contributed by atoms with E-state index in [9.17, 15) is 13.2 Å². The lowest BCUT2D eigenvalue weighted by Gasteiger charge is -2.13. The average molecular weight is 293 g/mol. The maximum Gasteiger partial charge on any atom is 0.418 e. The Bertz CT molecular complexity index is 539. The molecule has 7 heteroatoms. The van der Waals surface area contributed by atoms with Crippen LogP contribution in [0.3, 0.4) is 0 Å². The third-order valence-electron chi connectivity index (χ3n) is 2.21. The summed E-state index contributed by atoms with van der Waals surface area (Å²) in [6, 6.07) is 5.35. The van der Waals surface area contributed by atoms with Gasteiger partial charge in [0, 0.05) is 16.8 Å². The molecule has 0 unspecified atom stereocenters. The van der Waals surface area contributed by atoms with Crippen LogP contribution in [-0.4, -0.2) is 4.98 Å². The van der Waals surface area contributed by atoms with Gasteiger partial charge in [-0.05, 0) is 12.1 Å². The zero-order chi connectivity index (χ0) is 13.2. The first-order chi connectivity index (χ1) is 8.47. The molecule has 0 radical (unpaired) electrons. The second-order valence-electron chi connectivity index (χ2n) is 3.48. The average Bonchev–Trinajstić information content (AvgIpc) is 2.72. The number of anilines is 1. The fourth-order valence-corrected chi connectivity index (χ4v) is 2.35. The highest BCUT2D eigenvalue weighted by Crippen LogP contribution is 2.34. The highest BCUT2D eigenvalue weighted by atomic mass is 35.5. The molecule has 2 nitrogen and oxygen atoms in total. The first-order valence-electron chi connectivity index (χ1n) is 4.97. The van der Waals surface area contributed by atoms with Crippen LogP contribution < -0.4 is 5.32 Å². The van der Waals surface area contributed by atoms with Crippen molar-refractivity contribution in [1.29, 1.82) is 0 Å². The molecule has 0 fully saturated rings. The van der Waals surface area contributed by atoms with E-state index >= 15 is 0 Å². The first kappa shape index (κ1) is 13.2. The van der Waals surface area contributed by atoms with Crippen molar-refractivity contribution in [2.24, 2.45) is 0 Å². The summed E-state index contributed by atoms with van der Waals surface area (Å²) in [5.74, 6) is 0. The minimum atomic E-state index is -4.37. The van der Waals surface area contributed by atoms with E-state index in [0.717, 1.165) is 10.9 Å². The SMILES string of the molecule is FC(F)(F)c1ccccc1NCc1cnc(Cl)s1. The molecule has 0 saturated heterocycles. The van der Waals surface area contributed by atoms with Crippen molar-refractivity contribution in [1.82, 2.24) is 4.98 Å². The van der Waals surface area contributed by atoms with Crippen LogP contribution in [0.1, 0.15) is 10.4 Å². The summed E-state index contributed by atoms with van der Waals surface area (Å²) in [6.07, 6.45) is -2.83. The molecule has 0 aliphatic carbocycles. The van der Waals surface area contributed by atoms with Gasteiger partial charge in [-0.2, -0.15) is 13.2 Å². The molecule has 18 heavy (non-hydrogen) atoms. The van der Waals surface area contributed by atoms with E-state index < -0.39 is 11.7 Å². The Labute approximate surface area is 110 Å². The van der Waals surface area contributed by atoms with Gasteiger partial charge >= 0.3 is 6.18 Å². The van der Waals surface area contributed by atoms with Crippen molar-refractivity contribution in [3.63, 3.8) is 0 Å². The van der Waals surface area contributed by atoms with E-state index in [1.807, 2.05) is 0 Å². The standard InChI is InChI=1S/C11H8ClF3N2S/c12-10-17-6-7(18-10)5-16-9-4-2-1-3-8(9)11(13,14)15/h1-4,6,16H,5H2. The van der Waals surface area contributed by atoms with Crippen molar-refractivity contribution in [3.05, 3.63) is 45.4 Å². The number of rotatable bonds is 3. The number of hydrogen-bond donors (Lipinski definition) is 1. The summed E-state index contributed by atoms with van der Waals surface area (Å²) in [4.78, 5) is 4.60. The van der Waals surface area contributed by atoms with Crippen molar-refractivity contribution in [2.75, 3.05) is 5.32 Å². The quantitative estimate of drug-likeness (QED) is 0.905. The molecule has 0 atom stereocenters. The topological polar surface area (TPSA) is 24.9 Å². The molecule has 2 aromatic rings. The van der Waals surface area contributed by atoms with Crippen LogP contribution in [0.4, 0.5) is 18.9 Å². The predicted octanol–water partition coefficient (Wildman–Crippen LogP) is 4.43. The van der Waals surface area contributed by atoms with Crippen LogP contribution in [0.5, 0.6) is 0 Å². The fourth-order valence-electron chi connectivity index (χ4n) is 1.43. The number of aromatic nitrogens is 1. The van der Waals surface area contributed by atoms with Gasteiger partial charge in [0.2, 0.25) is 0 Å². The number of benzene rings is 1. The molecular formula is C11H8ClF3N2S. The van der Waals surface area contributed by atoms with Gasteiger partial charge in [-0.15, -0.1) is 11.3 Å². The first-order valence-corrected chi connectivity index (χ1v) is 6.16. The van der Waals surface area contributed by atoms with E-state index in [0.29, 0.717) is 4.47 Å². The van der Waals surface area contributed by atoms with Crippen molar-refractivity contribution in [2.45, 2.75) is 12.7 Å². The molecule has 1 aromatic carbocycles. The Balaban J connectivity index is 2.14. The summed E-state index contributed by atoms with van der Waals surface area (Å²) in [5, 5.41) is 2.74. The molecule has 1 heterocycles. The monoisotopic (exact) mass is 292 g/mol. The molecule has 0 bridgehead atoms. The van der Waals surface area contributed by atoms with E-state index in [2.05, 4.69) is 10.3 Å². The van der Waals surface area contributed by atoms with Gasteiger partial charge < -0.3 is 5.32 Å². The smallest absolute Gasteiger partial charge is 0.380 e. The lowest BCUT2D eigenvalue weighted by atomic mass is 10.1. The molecule has 0 saturated carbocycles. The lowest BCUT2D eigenvalue weighted by molar-refractivity contribution is -0.136. The summed E-state index contributed by atoms with van der Waals surface area (Å²) >= 11 is 6.88. The van der Waals surface area contributed by atoms with Crippen LogP contribution in [-0.2, 0) is 12.7 Å². The molecule has 2 rings (SSSR count). The number of nitrogens with zero attached hydrogens (tertiary/aromatic N) is 1. The Hall–Kier alpha value is -1.27. The highest BCUT2D eigenvalue weighted by molar-refractivity contribution is 7.15. The Morgan fingerprint density at radius 3 is 2.61 bits per heavy atom. The van der Waals surface area contributed by atoms with Gasteiger partial charge in [0.1, 0.15) is 0 Å².